The molecule has 0 aromatic carbocycles. The Hall–Kier alpha value is -0.710. The number of thiophene rings is 1. The maximum absolute atomic E-state index is 12.1. The van der Waals surface area contributed by atoms with Crippen LogP contribution in [0.25, 0.3) is 0 Å². The average molecular weight is 280 g/mol. The van der Waals surface area contributed by atoms with Gasteiger partial charge in [-0.05, 0) is 51.5 Å². The maximum Gasteiger partial charge on any atom is 0.186 e. The molecule has 1 aromatic rings. The first-order valence-electron chi connectivity index (χ1n) is 7.22. The zero-order valence-electron chi connectivity index (χ0n) is 12.0. The predicted molar refractivity (Wildman–Crippen MR) is 81.2 cm³/mol. The van der Waals surface area contributed by atoms with Crippen molar-refractivity contribution in [2.24, 2.45) is 0 Å². The number of hydrogen-bond acceptors (Lipinski definition) is 4. The minimum Gasteiger partial charge on any atom is -0.302 e. The van der Waals surface area contributed by atoms with Gasteiger partial charge in [0.25, 0.3) is 0 Å². The van der Waals surface area contributed by atoms with E-state index in [1.165, 1.54) is 30.8 Å². The van der Waals surface area contributed by atoms with E-state index in [-0.39, 0.29) is 5.78 Å². The van der Waals surface area contributed by atoms with Crippen molar-refractivity contribution in [2.75, 3.05) is 39.8 Å². The normalized spacial score (nSPS) is 16.4. The predicted octanol–water partition coefficient (Wildman–Crippen LogP) is 2.52. The Bertz CT molecular complexity index is 410. The van der Waals surface area contributed by atoms with Crippen molar-refractivity contribution in [3.8, 4) is 0 Å². The van der Waals surface area contributed by atoms with Crippen molar-refractivity contribution in [3.63, 3.8) is 0 Å². The van der Waals surface area contributed by atoms with Crippen LogP contribution < -0.4 is 0 Å². The van der Waals surface area contributed by atoms with Gasteiger partial charge in [0.05, 0.1) is 11.4 Å². The van der Waals surface area contributed by atoms with Gasteiger partial charge in [-0.1, -0.05) is 6.92 Å². The lowest BCUT2D eigenvalue weighted by molar-refractivity contribution is 0.0945. The van der Waals surface area contributed by atoms with Crippen LogP contribution in [-0.2, 0) is 6.42 Å². The van der Waals surface area contributed by atoms with Gasteiger partial charge in [-0.25, -0.2) is 0 Å². The Kier molecular flexibility index (Phi) is 5.55. The third-order valence-corrected chi connectivity index (χ3v) is 4.97. The number of likely N-dealkylation sites (tertiary alicyclic amines) is 1. The number of ketones is 1. The Morgan fingerprint density at radius 1 is 1.37 bits per heavy atom. The molecule has 0 bridgehead atoms. The summed E-state index contributed by atoms with van der Waals surface area (Å²) in [7, 11) is 2.04. The first kappa shape index (κ1) is 14.7. The fraction of sp³-hybridized carbons (Fsp3) is 0.667. The van der Waals surface area contributed by atoms with Gasteiger partial charge in [-0.15, -0.1) is 11.3 Å². The molecule has 0 unspecified atom stereocenters. The molecule has 0 amide bonds. The molecule has 1 fully saturated rings. The SMILES string of the molecule is CCc1ccc(C(=O)CN(C)CCN2CCCC2)s1. The van der Waals surface area contributed by atoms with E-state index < -0.39 is 0 Å². The number of likely N-dealkylation sites (N-methyl/N-ethyl adjacent to an activating group) is 1. The van der Waals surface area contributed by atoms with E-state index in [1.807, 2.05) is 13.1 Å². The first-order valence-corrected chi connectivity index (χ1v) is 8.03. The zero-order valence-corrected chi connectivity index (χ0v) is 12.8. The molecule has 1 saturated heterocycles. The van der Waals surface area contributed by atoms with E-state index in [0.717, 1.165) is 24.4 Å². The van der Waals surface area contributed by atoms with Gasteiger partial charge in [0.15, 0.2) is 5.78 Å². The molecule has 0 radical (unpaired) electrons. The highest BCUT2D eigenvalue weighted by Crippen LogP contribution is 2.17. The summed E-state index contributed by atoms with van der Waals surface area (Å²) in [5.41, 5.74) is 0. The molecular weight excluding hydrogens is 256 g/mol. The number of nitrogens with zero attached hydrogens (tertiary/aromatic N) is 2. The molecule has 0 spiro atoms. The summed E-state index contributed by atoms with van der Waals surface area (Å²) in [6.45, 7) is 7.20. The molecule has 106 valence electrons. The largest absolute Gasteiger partial charge is 0.302 e. The smallest absolute Gasteiger partial charge is 0.186 e. The van der Waals surface area contributed by atoms with Crippen LogP contribution in [0.5, 0.6) is 0 Å². The number of carbonyl (C=O) groups is 1. The number of aryl methyl sites for hydroxylation is 1. The summed E-state index contributed by atoms with van der Waals surface area (Å²) in [4.78, 5) is 19.0. The van der Waals surface area contributed by atoms with Crippen molar-refractivity contribution in [1.29, 1.82) is 0 Å². The summed E-state index contributed by atoms with van der Waals surface area (Å²) in [6.07, 6.45) is 3.68. The lowest BCUT2D eigenvalue weighted by Gasteiger charge is -2.20. The Labute approximate surface area is 120 Å². The van der Waals surface area contributed by atoms with Crippen molar-refractivity contribution >= 4 is 17.1 Å². The lowest BCUT2D eigenvalue weighted by Crippen LogP contribution is -2.34. The van der Waals surface area contributed by atoms with Crippen molar-refractivity contribution in [1.82, 2.24) is 9.80 Å². The average Bonchev–Trinajstić information content (AvgIpc) is 3.07. The van der Waals surface area contributed by atoms with Gasteiger partial charge in [0.1, 0.15) is 0 Å². The molecule has 3 nitrogen and oxygen atoms in total. The minimum absolute atomic E-state index is 0.258. The van der Waals surface area contributed by atoms with E-state index in [2.05, 4.69) is 22.8 Å². The van der Waals surface area contributed by atoms with Crippen molar-refractivity contribution < 1.29 is 4.79 Å². The number of carbonyl (C=O) groups excluding carboxylic acids is 1. The molecule has 2 heterocycles. The lowest BCUT2D eigenvalue weighted by atomic mass is 10.3. The topological polar surface area (TPSA) is 23.6 Å². The Morgan fingerprint density at radius 3 is 2.74 bits per heavy atom. The molecule has 1 aromatic heterocycles. The summed E-state index contributed by atoms with van der Waals surface area (Å²) >= 11 is 1.64. The standard InChI is InChI=1S/C15H24N2OS/c1-3-13-6-7-15(19-13)14(18)12-16(2)10-11-17-8-4-5-9-17/h6-7H,3-5,8-12H2,1-2H3. The van der Waals surface area contributed by atoms with E-state index in [0.29, 0.717) is 6.54 Å². The summed E-state index contributed by atoms with van der Waals surface area (Å²) in [5, 5.41) is 0. The third-order valence-electron chi connectivity index (χ3n) is 3.70. The second-order valence-corrected chi connectivity index (χ2v) is 6.50. The molecule has 0 aliphatic carbocycles. The van der Waals surface area contributed by atoms with Crippen LogP contribution >= 0.6 is 11.3 Å². The molecule has 0 N–H and O–H groups in total. The fourth-order valence-electron chi connectivity index (χ4n) is 2.44. The van der Waals surface area contributed by atoms with Gasteiger partial charge < -0.3 is 4.90 Å². The van der Waals surface area contributed by atoms with Crippen LogP contribution in [0.1, 0.15) is 34.3 Å². The van der Waals surface area contributed by atoms with Gasteiger partial charge in [0.2, 0.25) is 0 Å². The molecule has 0 atom stereocenters. The van der Waals surface area contributed by atoms with Gasteiger partial charge in [-0.2, -0.15) is 0 Å². The summed E-state index contributed by atoms with van der Waals surface area (Å²) in [6, 6.07) is 4.04. The zero-order chi connectivity index (χ0) is 13.7. The molecule has 19 heavy (non-hydrogen) atoms. The fourth-order valence-corrected chi connectivity index (χ4v) is 3.32. The van der Waals surface area contributed by atoms with Crippen LogP contribution in [0.3, 0.4) is 0 Å². The van der Waals surface area contributed by atoms with Crippen molar-refractivity contribution in [2.45, 2.75) is 26.2 Å². The van der Waals surface area contributed by atoms with Gasteiger partial charge in [-0.3, -0.25) is 9.69 Å². The quantitative estimate of drug-likeness (QED) is 0.717. The summed E-state index contributed by atoms with van der Waals surface area (Å²) < 4.78 is 0. The second kappa shape index (κ2) is 7.17. The number of hydrogen-bond donors (Lipinski definition) is 0. The van der Waals surface area contributed by atoms with E-state index >= 15 is 0 Å². The van der Waals surface area contributed by atoms with Crippen LogP contribution in [0.4, 0.5) is 0 Å². The van der Waals surface area contributed by atoms with Gasteiger partial charge >= 0.3 is 0 Å². The summed E-state index contributed by atoms with van der Waals surface area (Å²) in [5.74, 6) is 0.258. The highest BCUT2D eigenvalue weighted by atomic mass is 32.1. The second-order valence-electron chi connectivity index (χ2n) is 5.33. The van der Waals surface area contributed by atoms with Crippen LogP contribution in [0.15, 0.2) is 12.1 Å². The molecule has 1 aliphatic rings. The van der Waals surface area contributed by atoms with Crippen molar-refractivity contribution in [3.05, 3.63) is 21.9 Å². The van der Waals surface area contributed by atoms with Crippen LogP contribution in [-0.4, -0.2) is 55.4 Å². The minimum atomic E-state index is 0.258. The monoisotopic (exact) mass is 280 g/mol. The third kappa shape index (κ3) is 4.41. The molecule has 4 heteroatoms. The Morgan fingerprint density at radius 2 is 2.11 bits per heavy atom. The van der Waals surface area contributed by atoms with E-state index in [4.69, 9.17) is 0 Å². The van der Waals surface area contributed by atoms with E-state index in [9.17, 15) is 4.79 Å². The Balaban J connectivity index is 1.74. The molecule has 0 saturated carbocycles. The highest BCUT2D eigenvalue weighted by Gasteiger charge is 2.14. The highest BCUT2D eigenvalue weighted by molar-refractivity contribution is 7.14. The maximum atomic E-state index is 12.1. The molecule has 1 aliphatic heterocycles. The molecular formula is C15H24N2OS. The van der Waals surface area contributed by atoms with E-state index in [1.54, 1.807) is 11.3 Å². The number of Topliss-reactive ketones (excluding diaryl/α,β-unsaturated/α-hetero) is 1. The van der Waals surface area contributed by atoms with Crippen LogP contribution in [0, 0.1) is 0 Å². The first-order chi connectivity index (χ1) is 9.19. The van der Waals surface area contributed by atoms with Gasteiger partial charge in [0, 0.05) is 18.0 Å². The molecule has 2 rings (SSSR count). The van der Waals surface area contributed by atoms with Crippen LogP contribution in [0.2, 0.25) is 0 Å². The number of rotatable bonds is 7.